The third-order valence-electron chi connectivity index (χ3n) is 16.5. The molecule has 2 aromatic carbocycles. The Bertz CT molecular complexity index is 3900. The largest absolute Gasteiger partial charge is 0.458 e. The molecule has 0 bridgehead atoms. The first-order valence-corrected chi connectivity index (χ1v) is 30.2. The molecule has 35 heteroatoms. The molecule has 0 radical (unpaired) electrons. The third-order valence-corrected chi connectivity index (χ3v) is 16.5. The molecule has 1 fully saturated rings. The number of cyclic esters (lactones) is 1. The number of aliphatic hydroxyl groups is 4. The number of nitrogens with two attached hydrogens (primary N) is 1. The number of aromatic nitrogens is 2. The van der Waals surface area contributed by atoms with Crippen molar-refractivity contribution in [3.63, 3.8) is 0 Å². The van der Waals surface area contributed by atoms with E-state index in [1.165, 1.54) is 16.7 Å². The Labute approximate surface area is 542 Å². The summed E-state index contributed by atoms with van der Waals surface area (Å²) in [6.45, 7) is -3.44. The summed E-state index contributed by atoms with van der Waals surface area (Å²) in [7, 11) is 0. The van der Waals surface area contributed by atoms with Crippen LogP contribution in [0.3, 0.4) is 0 Å². The number of halogens is 1. The molecule has 510 valence electrons. The minimum Gasteiger partial charge on any atom is -0.458 e. The molecule has 1 saturated heterocycles. The van der Waals surface area contributed by atoms with Gasteiger partial charge in [0.25, 0.3) is 17.4 Å². The first-order chi connectivity index (χ1) is 45.8. The van der Waals surface area contributed by atoms with Crippen LogP contribution in [0, 0.1) is 12.7 Å². The number of rotatable bonds is 28. The average Bonchev–Trinajstić information content (AvgIpc) is 1.55. The molecule has 96 heavy (non-hydrogen) atoms. The standard InChI is InChI=1S/C61H68FN13O21/c1-27-29-7-8-34(50-31-22-74-38(51(31)73-36(49(29)50)17-33(27)62)16-30-32(60(74)92)24-95-61(93)52(30)85)70-46(82)25-94-26-69-43(79)20-68-59(91)37(15-28-5-3-2-4-6-28)72-44(80)21-66-42(78)19-67-58(90)35(71-41(77)13-14-64-45(81)23-75-47(83)11-12-48(75)84)9-10-40(76)65-18-39-53(86)54(87)55(88)56(96-39)57(63)89/h2-6,11-12,16-17,34-35,37,39,52-56,85-88H,7-10,13-15,18-26H2,1H3,(H2,63,89)(H,64,81)(H,65,76)(H,66,78)(H,67,90)(H,68,91)(H,69,79)(H,70,82)(H,71,77)(H,72,80)/t34-,35-,37-,39-,52-,53-,54+,55-,56-/m0/s1. The molecule has 0 saturated carbocycles. The highest BCUT2D eigenvalue weighted by atomic mass is 19.1. The molecule has 9 rings (SSSR count). The molecule has 34 nitrogen and oxygen atoms in total. The van der Waals surface area contributed by atoms with Crippen molar-refractivity contribution in [1.82, 2.24) is 62.3 Å². The van der Waals surface area contributed by atoms with E-state index in [0.29, 0.717) is 56.6 Å². The number of fused-ring (bicyclic) bond motifs is 5. The summed E-state index contributed by atoms with van der Waals surface area (Å²) < 4.78 is 32.6. The van der Waals surface area contributed by atoms with E-state index >= 15 is 4.39 Å². The zero-order chi connectivity index (χ0) is 69.2. The lowest BCUT2D eigenvalue weighted by Gasteiger charge is -2.39. The normalized spacial score (nSPS) is 20.3. The van der Waals surface area contributed by atoms with E-state index in [-0.39, 0.29) is 48.5 Å². The van der Waals surface area contributed by atoms with Crippen LogP contribution < -0.4 is 59.1 Å². The lowest BCUT2D eigenvalue weighted by molar-refractivity contribution is -0.217. The molecule has 5 aliphatic rings. The number of ether oxygens (including phenoxy) is 3. The zero-order valence-electron chi connectivity index (χ0n) is 51.2. The minimum atomic E-state index is -1.88. The molecule has 4 aliphatic heterocycles. The maximum absolute atomic E-state index is 15.4. The molecule has 9 atom stereocenters. The Kier molecular flexibility index (Phi) is 22.4. The zero-order valence-corrected chi connectivity index (χ0v) is 51.2. The van der Waals surface area contributed by atoms with Crippen LogP contribution in [0.2, 0.25) is 0 Å². The number of esters is 1. The number of benzene rings is 2. The number of primary amides is 1. The van der Waals surface area contributed by atoms with Gasteiger partial charge in [-0.05, 0) is 54.5 Å². The molecule has 2 aromatic heterocycles. The fourth-order valence-corrected chi connectivity index (χ4v) is 11.5. The summed E-state index contributed by atoms with van der Waals surface area (Å²) in [4.78, 5) is 185. The van der Waals surface area contributed by atoms with Crippen molar-refractivity contribution >= 4 is 87.8 Å². The average molecular weight is 1340 g/mol. The highest BCUT2D eigenvalue weighted by Crippen LogP contribution is 2.45. The maximum atomic E-state index is 15.4. The van der Waals surface area contributed by atoms with Crippen LogP contribution in [0.15, 0.2) is 59.4 Å². The molecule has 12 amide bonds. The van der Waals surface area contributed by atoms with Gasteiger partial charge in [0.2, 0.25) is 59.1 Å². The summed E-state index contributed by atoms with van der Waals surface area (Å²) in [6.07, 6.45) is -9.31. The van der Waals surface area contributed by atoms with Gasteiger partial charge in [-0.25, -0.2) is 14.2 Å². The lowest BCUT2D eigenvalue weighted by atomic mass is 9.81. The van der Waals surface area contributed by atoms with Gasteiger partial charge in [0, 0.05) is 67.1 Å². The van der Waals surface area contributed by atoms with Gasteiger partial charge < -0.3 is 92.8 Å². The van der Waals surface area contributed by atoms with Crippen LogP contribution in [-0.4, -0.2) is 207 Å². The van der Waals surface area contributed by atoms with Crippen LogP contribution in [0.5, 0.6) is 0 Å². The fourth-order valence-electron chi connectivity index (χ4n) is 11.5. The Morgan fingerprint density at radius 2 is 1.42 bits per heavy atom. The molecule has 0 unspecified atom stereocenters. The second-order valence-corrected chi connectivity index (χ2v) is 23.0. The maximum Gasteiger partial charge on any atom is 0.340 e. The van der Waals surface area contributed by atoms with Gasteiger partial charge in [0.15, 0.2) is 12.2 Å². The Hall–Kier alpha value is -10.5. The van der Waals surface area contributed by atoms with Gasteiger partial charge in [-0.2, -0.15) is 0 Å². The first-order valence-electron chi connectivity index (χ1n) is 30.2. The first kappa shape index (κ1) is 69.9. The second kappa shape index (κ2) is 30.7. The molecule has 4 aromatic rings. The van der Waals surface area contributed by atoms with E-state index in [0.717, 1.165) is 12.2 Å². The number of pyridine rings is 2. The molecular weight excluding hydrogens is 1270 g/mol. The number of aliphatic hydroxyl groups excluding tert-OH is 4. The highest BCUT2D eigenvalue weighted by Gasteiger charge is 2.46. The fraction of sp³-hybridized carbons (Fsp3) is 0.426. The van der Waals surface area contributed by atoms with Gasteiger partial charge >= 0.3 is 5.97 Å². The van der Waals surface area contributed by atoms with E-state index in [9.17, 15) is 87.5 Å². The van der Waals surface area contributed by atoms with Crippen molar-refractivity contribution in [1.29, 1.82) is 0 Å². The number of nitrogens with one attached hydrogen (secondary N) is 9. The Balaban J connectivity index is 0.739. The summed E-state index contributed by atoms with van der Waals surface area (Å²) >= 11 is 0. The van der Waals surface area contributed by atoms with Gasteiger partial charge in [-0.1, -0.05) is 30.3 Å². The SMILES string of the molecule is Cc1c(F)cc2nc3c(c4c2c1CC[C@@H]4NC(=O)COCNC(=O)CNC(=O)[C@H](Cc1ccccc1)NC(=O)CNC(=O)CNC(=O)[C@H](CCC(=O)NC[C@@H]1O[C@H](C(N)=O)[C@@H](O)[C@H](O)[C@H]1O)NC(=O)CCNC(=O)CN1C(=O)C=CC1=O)Cn1c-3cc2c(c1=O)COC(=O)[C@H]2O. The third kappa shape index (κ3) is 16.4. The quantitative estimate of drug-likeness (QED) is 0.00958. The number of hydrogen-bond donors (Lipinski definition) is 14. The number of imide groups is 1. The number of hydrogen-bond acceptors (Lipinski definition) is 22. The summed E-state index contributed by atoms with van der Waals surface area (Å²) in [5.41, 5.74) is 8.59. The summed E-state index contributed by atoms with van der Waals surface area (Å²) in [6, 6.07) is 7.60. The highest BCUT2D eigenvalue weighted by molar-refractivity contribution is 6.14. The summed E-state index contributed by atoms with van der Waals surface area (Å²) in [5.74, 6) is -11.5. The van der Waals surface area contributed by atoms with Crippen LogP contribution in [0.25, 0.3) is 22.3 Å². The van der Waals surface area contributed by atoms with Crippen LogP contribution in [0.4, 0.5) is 4.39 Å². The van der Waals surface area contributed by atoms with Crippen molar-refractivity contribution in [2.24, 2.45) is 5.73 Å². The second-order valence-electron chi connectivity index (χ2n) is 23.0. The minimum absolute atomic E-state index is 0.0128. The lowest BCUT2D eigenvalue weighted by Crippen LogP contribution is -2.62. The van der Waals surface area contributed by atoms with E-state index in [1.54, 1.807) is 37.3 Å². The van der Waals surface area contributed by atoms with Crippen LogP contribution in [0.1, 0.15) is 76.8 Å². The number of carbonyl (C=O) groups excluding carboxylic acids is 13. The van der Waals surface area contributed by atoms with E-state index < -0.39 is 208 Å². The Morgan fingerprint density at radius 3 is 2.12 bits per heavy atom. The number of carbonyl (C=O) groups is 13. The molecule has 1 aliphatic carbocycles. The van der Waals surface area contributed by atoms with Crippen molar-refractivity contribution in [3.05, 3.63) is 110 Å². The summed E-state index contributed by atoms with van der Waals surface area (Å²) in [5, 5.41) is 63.8. The number of amides is 12. The molecular formula is C61H68FN13O21. The monoisotopic (exact) mass is 1340 g/mol. The topological polar surface area (TPSA) is 503 Å². The van der Waals surface area contributed by atoms with Crippen molar-refractivity contribution < 1.29 is 101 Å². The van der Waals surface area contributed by atoms with Crippen molar-refractivity contribution in [3.8, 4) is 11.4 Å². The van der Waals surface area contributed by atoms with E-state index in [1.807, 2.05) is 0 Å². The van der Waals surface area contributed by atoms with Crippen LogP contribution in [-0.2, 0) is 103 Å². The van der Waals surface area contributed by atoms with Crippen molar-refractivity contribution in [2.45, 2.75) is 113 Å². The number of nitrogens with zero attached hydrogens (tertiary/aromatic N) is 3. The van der Waals surface area contributed by atoms with Gasteiger partial charge in [0.1, 0.15) is 68.8 Å². The van der Waals surface area contributed by atoms with E-state index in [2.05, 4.69) is 47.9 Å². The van der Waals surface area contributed by atoms with E-state index in [4.69, 9.17) is 24.9 Å². The van der Waals surface area contributed by atoms with Crippen molar-refractivity contribution in [2.75, 3.05) is 52.6 Å². The van der Waals surface area contributed by atoms with Gasteiger partial charge in [0.05, 0.1) is 54.7 Å². The Morgan fingerprint density at radius 1 is 0.740 bits per heavy atom. The molecule has 0 spiro atoms. The predicted octanol–water partition coefficient (Wildman–Crippen LogP) is -6.62. The van der Waals surface area contributed by atoms with Gasteiger partial charge in [-0.15, -0.1) is 0 Å². The predicted molar refractivity (Wildman–Crippen MR) is 323 cm³/mol. The molecule has 6 heterocycles. The number of aryl methyl sites for hydroxylation is 1. The van der Waals surface area contributed by atoms with Gasteiger partial charge in [-0.3, -0.25) is 67.2 Å². The molecule has 15 N–H and O–H groups in total. The van der Waals surface area contributed by atoms with Crippen LogP contribution >= 0.6 is 0 Å². The smallest absolute Gasteiger partial charge is 0.340 e.